The number of hydrogen-bond donors (Lipinski definition) is 1. The van der Waals surface area contributed by atoms with E-state index >= 15 is 0 Å². The summed E-state index contributed by atoms with van der Waals surface area (Å²) >= 11 is 0. The van der Waals surface area contributed by atoms with Crippen molar-refractivity contribution in [2.45, 2.75) is 13.3 Å². The highest BCUT2D eigenvalue weighted by Crippen LogP contribution is 2.19. The number of para-hydroxylation sites is 2. The minimum absolute atomic E-state index is 0.176. The second kappa shape index (κ2) is 6.23. The predicted octanol–water partition coefficient (Wildman–Crippen LogP) is 3.48. The molecule has 0 aromatic heterocycles. The van der Waals surface area contributed by atoms with Gasteiger partial charge >= 0.3 is 0 Å². The maximum absolute atomic E-state index is 13.8. The van der Waals surface area contributed by atoms with Crippen LogP contribution in [-0.4, -0.2) is 13.1 Å². The molecule has 0 bridgehead atoms. The highest BCUT2D eigenvalue weighted by molar-refractivity contribution is 5.49. The Morgan fingerprint density at radius 1 is 1.05 bits per heavy atom. The van der Waals surface area contributed by atoms with Crippen LogP contribution in [0.5, 0.6) is 0 Å². The first kappa shape index (κ1) is 13.4. The second-order valence-electron chi connectivity index (χ2n) is 4.48. The van der Waals surface area contributed by atoms with E-state index in [0.717, 1.165) is 30.8 Å². The van der Waals surface area contributed by atoms with Crippen LogP contribution in [0.25, 0.3) is 0 Å². The Hall–Kier alpha value is -2.03. The average molecular weight is 258 g/mol. The SMILES string of the molecule is CCN(CCc1ccccc1N)c1ccccc1F. The fourth-order valence-corrected chi connectivity index (χ4v) is 2.17. The van der Waals surface area contributed by atoms with Crippen LogP contribution in [0.1, 0.15) is 12.5 Å². The summed E-state index contributed by atoms with van der Waals surface area (Å²) in [5.41, 5.74) is 8.48. The summed E-state index contributed by atoms with van der Waals surface area (Å²) in [4.78, 5) is 2.03. The molecule has 19 heavy (non-hydrogen) atoms. The van der Waals surface area contributed by atoms with Crippen LogP contribution in [0, 0.1) is 5.82 Å². The van der Waals surface area contributed by atoms with E-state index in [-0.39, 0.29) is 5.82 Å². The van der Waals surface area contributed by atoms with Gasteiger partial charge in [-0.2, -0.15) is 0 Å². The molecule has 2 rings (SSSR count). The fraction of sp³-hybridized carbons (Fsp3) is 0.250. The molecule has 0 saturated carbocycles. The number of benzene rings is 2. The van der Waals surface area contributed by atoms with Crippen molar-refractivity contribution in [1.82, 2.24) is 0 Å². The minimum atomic E-state index is -0.176. The molecule has 2 aromatic rings. The minimum Gasteiger partial charge on any atom is -0.399 e. The van der Waals surface area contributed by atoms with E-state index in [1.54, 1.807) is 6.07 Å². The molecule has 3 heteroatoms. The standard InChI is InChI=1S/C16H19FN2/c1-2-19(16-10-6-4-8-14(16)17)12-11-13-7-3-5-9-15(13)18/h3-10H,2,11-12,18H2,1H3. The van der Waals surface area contributed by atoms with Gasteiger partial charge in [0.1, 0.15) is 5.82 Å². The Balaban J connectivity index is 2.09. The topological polar surface area (TPSA) is 29.3 Å². The summed E-state index contributed by atoms with van der Waals surface area (Å²) in [6.45, 7) is 3.56. The van der Waals surface area contributed by atoms with Gasteiger partial charge in [-0.3, -0.25) is 0 Å². The molecule has 0 saturated heterocycles. The summed E-state index contributed by atoms with van der Waals surface area (Å²) < 4.78 is 13.8. The Kier molecular flexibility index (Phi) is 4.39. The lowest BCUT2D eigenvalue weighted by Gasteiger charge is -2.23. The number of likely N-dealkylation sites (N-methyl/N-ethyl adjacent to an activating group) is 1. The molecule has 2 nitrogen and oxygen atoms in total. The van der Waals surface area contributed by atoms with E-state index in [1.165, 1.54) is 6.07 Å². The smallest absolute Gasteiger partial charge is 0.146 e. The van der Waals surface area contributed by atoms with Crippen molar-refractivity contribution < 1.29 is 4.39 Å². The summed E-state index contributed by atoms with van der Waals surface area (Å²) in [5.74, 6) is -0.176. The Bertz CT molecular complexity index is 540. The van der Waals surface area contributed by atoms with Crippen molar-refractivity contribution >= 4 is 11.4 Å². The van der Waals surface area contributed by atoms with E-state index in [0.29, 0.717) is 5.69 Å². The normalized spacial score (nSPS) is 10.4. The molecule has 2 aromatic carbocycles. The molecule has 0 amide bonds. The number of hydrogen-bond acceptors (Lipinski definition) is 2. The van der Waals surface area contributed by atoms with Crippen molar-refractivity contribution in [3.05, 3.63) is 59.9 Å². The first-order chi connectivity index (χ1) is 9.22. The largest absolute Gasteiger partial charge is 0.399 e. The van der Waals surface area contributed by atoms with Crippen molar-refractivity contribution in [2.75, 3.05) is 23.7 Å². The van der Waals surface area contributed by atoms with Gasteiger partial charge in [0.05, 0.1) is 5.69 Å². The molecule has 100 valence electrons. The first-order valence-corrected chi connectivity index (χ1v) is 6.55. The Morgan fingerprint density at radius 2 is 1.74 bits per heavy atom. The van der Waals surface area contributed by atoms with Gasteiger partial charge in [0.15, 0.2) is 0 Å². The quantitative estimate of drug-likeness (QED) is 0.832. The molecule has 2 N–H and O–H groups in total. The van der Waals surface area contributed by atoms with E-state index in [1.807, 2.05) is 48.2 Å². The van der Waals surface area contributed by atoms with Gasteiger partial charge in [0, 0.05) is 18.8 Å². The highest BCUT2D eigenvalue weighted by Gasteiger charge is 2.09. The second-order valence-corrected chi connectivity index (χ2v) is 4.48. The number of nitrogens with two attached hydrogens (primary N) is 1. The van der Waals surface area contributed by atoms with Gasteiger partial charge in [-0.05, 0) is 37.1 Å². The molecule has 0 heterocycles. The van der Waals surface area contributed by atoms with Crippen LogP contribution in [0.3, 0.4) is 0 Å². The summed E-state index contributed by atoms with van der Waals surface area (Å²) in [5, 5.41) is 0. The number of halogens is 1. The van der Waals surface area contributed by atoms with Crippen LogP contribution in [-0.2, 0) is 6.42 Å². The number of rotatable bonds is 5. The maximum atomic E-state index is 13.8. The molecule has 0 unspecified atom stereocenters. The van der Waals surface area contributed by atoms with Crippen molar-refractivity contribution in [3.8, 4) is 0 Å². The van der Waals surface area contributed by atoms with E-state index in [2.05, 4.69) is 0 Å². The van der Waals surface area contributed by atoms with Gasteiger partial charge in [-0.15, -0.1) is 0 Å². The molecular formula is C16H19FN2. The van der Waals surface area contributed by atoms with Crippen LogP contribution in [0.2, 0.25) is 0 Å². The number of nitrogens with zero attached hydrogens (tertiary/aromatic N) is 1. The summed E-state index contributed by atoms with van der Waals surface area (Å²) in [6, 6.07) is 14.7. The van der Waals surface area contributed by atoms with Crippen molar-refractivity contribution in [3.63, 3.8) is 0 Å². The first-order valence-electron chi connectivity index (χ1n) is 6.55. The predicted molar refractivity (Wildman–Crippen MR) is 78.8 cm³/mol. The Labute approximate surface area is 113 Å². The van der Waals surface area contributed by atoms with Crippen LogP contribution in [0.4, 0.5) is 15.8 Å². The summed E-state index contributed by atoms with van der Waals surface area (Å²) in [7, 11) is 0. The molecule has 0 aliphatic rings. The van der Waals surface area contributed by atoms with Crippen molar-refractivity contribution in [1.29, 1.82) is 0 Å². The van der Waals surface area contributed by atoms with Crippen LogP contribution in [0.15, 0.2) is 48.5 Å². The molecular weight excluding hydrogens is 239 g/mol. The average Bonchev–Trinajstić information content (AvgIpc) is 2.43. The monoisotopic (exact) mass is 258 g/mol. The zero-order valence-electron chi connectivity index (χ0n) is 11.1. The van der Waals surface area contributed by atoms with Gasteiger partial charge < -0.3 is 10.6 Å². The third-order valence-corrected chi connectivity index (χ3v) is 3.28. The molecule has 0 atom stereocenters. The van der Waals surface area contributed by atoms with E-state index < -0.39 is 0 Å². The van der Waals surface area contributed by atoms with Crippen LogP contribution < -0.4 is 10.6 Å². The third kappa shape index (κ3) is 3.25. The van der Waals surface area contributed by atoms with Gasteiger partial charge in [-0.1, -0.05) is 30.3 Å². The third-order valence-electron chi connectivity index (χ3n) is 3.28. The van der Waals surface area contributed by atoms with Crippen molar-refractivity contribution in [2.24, 2.45) is 0 Å². The molecule has 0 aliphatic heterocycles. The highest BCUT2D eigenvalue weighted by atomic mass is 19.1. The lowest BCUT2D eigenvalue weighted by Crippen LogP contribution is -2.26. The molecule has 0 spiro atoms. The van der Waals surface area contributed by atoms with Crippen LogP contribution >= 0.6 is 0 Å². The molecule has 0 fully saturated rings. The fourth-order valence-electron chi connectivity index (χ4n) is 2.17. The Morgan fingerprint density at radius 3 is 2.42 bits per heavy atom. The van der Waals surface area contributed by atoms with E-state index in [9.17, 15) is 4.39 Å². The zero-order chi connectivity index (χ0) is 13.7. The van der Waals surface area contributed by atoms with E-state index in [4.69, 9.17) is 5.73 Å². The zero-order valence-corrected chi connectivity index (χ0v) is 11.1. The lowest BCUT2D eigenvalue weighted by atomic mass is 10.1. The number of nitrogen functional groups attached to an aromatic ring is 1. The van der Waals surface area contributed by atoms with Gasteiger partial charge in [0.25, 0.3) is 0 Å². The lowest BCUT2D eigenvalue weighted by molar-refractivity contribution is 0.618. The summed E-state index contributed by atoms with van der Waals surface area (Å²) in [6.07, 6.45) is 0.814. The van der Waals surface area contributed by atoms with Gasteiger partial charge in [-0.25, -0.2) is 4.39 Å². The van der Waals surface area contributed by atoms with Gasteiger partial charge in [0.2, 0.25) is 0 Å². The molecule has 0 aliphatic carbocycles. The maximum Gasteiger partial charge on any atom is 0.146 e. The molecule has 0 radical (unpaired) electrons. The number of anilines is 2.